The van der Waals surface area contributed by atoms with Gasteiger partial charge in [-0.15, -0.1) is 0 Å². The molecule has 0 aliphatic rings. The molecule has 0 bridgehead atoms. The van der Waals surface area contributed by atoms with Crippen LogP contribution in [0.2, 0.25) is 0 Å². The zero-order chi connectivity index (χ0) is 47.6. The summed E-state index contributed by atoms with van der Waals surface area (Å²) in [7, 11) is 0. The lowest BCUT2D eigenvalue weighted by molar-refractivity contribution is 1.13. The number of benzene rings is 10. The van der Waals surface area contributed by atoms with E-state index >= 15 is 0 Å². The van der Waals surface area contributed by atoms with E-state index in [9.17, 15) is 10.5 Å². The summed E-state index contributed by atoms with van der Waals surface area (Å²) >= 11 is 0. The maximum Gasteiger partial charge on any atom is 0.0993 e. The molecule has 0 atom stereocenters. The van der Waals surface area contributed by atoms with E-state index in [0.717, 1.165) is 88.4 Å². The van der Waals surface area contributed by atoms with Gasteiger partial charge in [-0.3, -0.25) is 0 Å². The van der Waals surface area contributed by atoms with Crippen LogP contribution in [-0.2, 0) is 0 Å². The topological polar surface area (TPSA) is 57.4 Å². The summed E-state index contributed by atoms with van der Waals surface area (Å²) in [4.78, 5) is 0. The van der Waals surface area contributed by atoms with Crippen LogP contribution in [0.15, 0.2) is 206 Å². The highest BCUT2D eigenvalue weighted by molar-refractivity contribution is 6.14. The largest absolute Gasteiger partial charge is 0.308 e. The highest BCUT2D eigenvalue weighted by Gasteiger charge is 2.25. The second-order valence-electron chi connectivity index (χ2n) is 18.5. The molecule has 0 fully saturated rings. The van der Waals surface area contributed by atoms with Crippen molar-refractivity contribution in [3.63, 3.8) is 0 Å². The molecule has 0 N–H and O–H groups in total. The molecule has 0 amide bonds. The molecule has 0 aliphatic carbocycles. The van der Waals surface area contributed by atoms with Crippen LogP contribution in [0.4, 0.5) is 0 Å². The number of rotatable bonds is 7. The highest BCUT2D eigenvalue weighted by atomic mass is 15.0. The van der Waals surface area contributed by atoms with Gasteiger partial charge in [0.15, 0.2) is 0 Å². The van der Waals surface area contributed by atoms with Gasteiger partial charge in [-0.1, -0.05) is 158 Å². The molecule has 0 spiro atoms. The number of fused-ring (bicyclic) bond motifs is 6. The van der Waals surface area contributed by atoms with Crippen molar-refractivity contribution in [1.82, 2.24) is 9.13 Å². The van der Waals surface area contributed by atoms with Gasteiger partial charge >= 0.3 is 0 Å². The van der Waals surface area contributed by atoms with E-state index in [4.69, 9.17) is 0 Å². The number of hydrogen-bond acceptors (Lipinski definition) is 2. The average molecular weight is 895 g/mol. The minimum Gasteiger partial charge on any atom is -0.308 e. The lowest BCUT2D eigenvalue weighted by Gasteiger charge is -2.21. The molecule has 10 aromatic carbocycles. The Balaban J connectivity index is 1.26. The normalized spacial score (nSPS) is 11.4. The number of nitrogens with zero attached hydrogens (tertiary/aromatic N) is 4. The molecule has 2 aromatic heterocycles. The quantitative estimate of drug-likeness (QED) is 0.160. The van der Waals surface area contributed by atoms with Gasteiger partial charge in [0.2, 0.25) is 0 Å². The Morgan fingerprint density at radius 1 is 0.300 bits per heavy atom. The molecule has 70 heavy (non-hydrogen) atoms. The van der Waals surface area contributed by atoms with Crippen LogP contribution in [0, 0.1) is 50.4 Å². The summed E-state index contributed by atoms with van der Waals surface area (Å²) in [5.74, 6) is 0. The fourth-order valence-corrected chi connectivity index (χ4v) is 10.8. The van der Waals surface area contributed by atoms with Gasteiger partial charge in [0.05, 0.1) is 56.7 Å². The van der Waals surface area contributed by atoms with E-state index in [1.165, 1.54) is 44.5 Å². The lowest BCUT2D eigenvalue weighted by Crippen LogP contribution is -2.05. The van der Waals surface area contributed by atoms with Crippen LogP contribution in [0.25, 0.3) is 111 Å². The fraction of sp³-hybridized carbons (Fsp3) is 0.0606. The van der Waals surface area contributed by atoms with Crippen LogP contribution >= 0.6 is 0 Å². The van der Waals surface area contributed by atoms with Gasteiger partial charge in [-0.05, 0) is 149 Å². The van der Waals surface area contributed by atoms with Gasteiger partial charge in [-0.25, -0.2) is 0 Å². The zero-order valence-electron chi connectivity index (χ0n) is 39.4. The van der Waals surface area contributed by atoms with Crippen molar-refractivity contribution in [2.24, 2.45) is 0 Å². The van der Waals surface area contributed by atoms with Crippen molar-refractivity contribution < 1.29 is 0 Å². The Kier molecular flexibility index (Phi) is 10.1. The van der Waals surface area contributed by atoms with Crippen molar-refractivity contribution in [3.8, 4) is 79.1 Å². The SMILES string of the molecule is Cc1ccccc1-c1ccc2c3ccc(-c4ccccc4C)cc3n(-c3cc(C#N)cc(-n4c5cc(-c6ccccc6C)ccc5c5ccc(-c6ccccc6C)cc54)c3-c3ccc(C#N)cc3)c2c1. The first-order valence-electron chi connectivity index (χ1n) is 23.8. The van der Waals surface area contributed by atoms with Crippen LogP contribution < -0.4 is 0 Å². The molecular weight excluding hydrogens is 849 g/mol. The Morgan fingerprint density at radius 3 is 0.871 bits per heavy atom. The second kappa shape index (κ2) is 16.8. The first-order valence-corrected chi connectivity index (χ1v) is 23.8. The molecular formula is C66H46N4. The molecule has 0 saturated carbocycles. The third-order valence-electron chi connectivity index (χ3n) is 14.4. The van der Waals surface area contributed by atoms with Crippen LogP contribution in [0.1, 0.15) is 33.4 Å². The summed E-state index contributed by atoms with van der Waals surface area (Å²) in [6.45, 7) is 8.65. The smallest absolute Gasteiger partial charge is 0.0993 e. The maximum atomic E-state index is 11.3. The van der Waals surface area contributed by atoms with Gasteiger partial charge in [0, 0.05) is 27.1 Å². The molecule has 4 nitrogen and oxygen atoms in total. The Bertz CT molecular complexity index is 3750. The van der Waals surface area contributed by atoms with Crippen LogP contribution in [-0.4, -0.2) is 9.13 Å². The lowest BCUT2D eigenvalue weighted by atomic mass is 9.96. The Hall–Kier alpha value is -9.22. The van der Waals surface area contributed by atoms with E-state index in [-0.39, 0.29) is 0 Å². The van der Waals surface area contributed by atoms with E-state index in [1.54, 1.807) is 0 Å². The highest BCUT2D eigenvalue weighted by Crippen LogP contribution is 2.46. The molecule has 4 heteroatoms. The number of aryl methyl sites for hydroxylation is 4. The van der Waals surface area contributed by atoms with Crippen molar-refractivity contribution in [2.75, 3.05) is 0 Å². The van der Waals surface area contributed by atoms with E-state index in [1.807, 2.05) is 12.1 Å². The van der Waals surface area contributed by atoms with Crippen molar-refractivity contribution in [1.29, 1.82) is 10.5 Å². The summed E-state index contributed by atoms with van der Waals surface area (Å²) in [6.07, 6.45) is 0. The Labute approximate surface area is 407 Å². The summed E-state index contributed by atoms with van der Waals surface area (Å²) in [5.41, 5.74) is 22.7. The molecule has 2 heterocycles. The van der Waals surface area contributed by atoms with E-state index in [0.29, 0.717) is 11.1 Å². The summed E-state index contributed by atoms with van der Waals surface area (Å²) in [5, 5.41) is 25.8. The first kappa shape index (κ1) is 42.2. The summed E-state index contributed by atoms with van der Waals surface area (Å²) in [6, 6.07) is 78.4. The Morgan fingerprint density at radius 2 is 0.586 bits per heavy atom. The summed E-state index contributed by atoms with van der Waals surface area (Å²) < 4.78 is 4.77. The average Bonchev–Trinajstić information content (AvgIpc) is 3.89. The van der Waals surface area contributed by atoms with Crippen LogP contribution in [0.3, 0.4) is 0 Å². The third-order valence-corrected chi connectivity index (χ3v) is 14.4. The van der Waals surface area contributed by atoms with Gasteiger partial charge in [-0.2, -0.15) is 10.5 Å². The minimum atomic E-state index is 0.530. The first-order chi connectivity index (χ1) is 34.3. The number of nitriles is 2. The number of aromatic nitrogens is 2. The zero-order valence-corrected chi connectivity index (χ0v) is 39.4. The number of hydrogen-bond donors (Lipinski definition) is 0. The van der Waals surface area contributed by atoms with Crippen molar-refractivity contribution in [3.05, 3.63) is 240 Å². The minimum absolute atomic E-state index is 0.530. The second-order valence-corrected chi connectivity index (χ2v) is 18.5. The molecule has 0 unspecified atom stereocenters. The molecule has 0 saturated heterocycles. The predicted molar refractivity (Wildman–Crippen MR) is 291 cm³/mol. The standard InChI is InChI=1S/C66H46N4/c1-41-13-5-9-17-52(41)48-25-29-56-57-30-26-49(53-18-10-6-14-42(53)2)36-61(57)69(60(56)35-48)64-33-46(40-68)34-65(66(64)47-23-21-45(39-67)22-24-47)70-62-37-50(54-19-11-7-15-43(54)3)27-31-58(62)59-32-28-51(38-63(59)70)55-20-12-8-16-44(55)4/h5-38H,1-4H3. The maximum absolute atomic E-state index is 11.3. The van der Waals surface area contributed by atoms with Crippen LogP contribution in [0.5, 0.6) is 0 Å². The third kappa shape index (κ3) is 6.89. The van der Waals surface area contributed by atoms with Crippen molar-refractivity contribution in [2.45, 2.75) is 27.7 Å². The molecule has 330 valence electrons. The fourth-order valence-electron chi connectivity index (χ4n) is 10.8. The molecule has 12 aromatic rings. The predicted octanol–water partition coefficient (Wildman–Crippen LogP) is 17.2. The molecule has 0 aliphatic heterocycles. The van der Waals surface area contributed by atoms with Crippen molar-refractivity contribution >= 4 is 43.6 Å². The van der Waals surface area contributed by atoms with Gasteiger partial charge < -0.3 is 9.13 Å². The van der Waals surface area contributed by atoms with Gasteiger partial charge in [0.1, 0.15) is 0 Å². The van der Waals surface area contributed by atoms with E-state index < -0.39 is 0 Å². The van der Waals surface area contributed by atoms with E-state index in [2.05, 4.69) is 243 Å². The molecule has 0 radical (unpaired) electrons. The monoisotopic (exact) mass is 894 g/mol. The van der Waals surface area contributed by atoms with Gasteiger partial charge in [0.25, 0.3) is 0 Å². The molecule has 12 rings (SSSR count).